The van der Waals surface area contributed by atoms with E-state index in [4.69, 9.17) is 5.11 Å². The van der Waals surface area contributed by atoms with Gasteiger partial charge >= 0.3 is 12.0 Å². The highest BCUT2D eigenvalue weighted by molar-refractivity contribution is 5.74. The molecule has 2 atom stereocenters. The summed E-state index contributed by atoms with van der Waals surface area (Å²) < 4.78 is 0. The van der Waals surface area contributed by atoms with E-state index in [1.165, 1.54) is 0 Å². The van der Waals surface area contributed by atoms with Crippen LogP contribution in [0.25, 0.3) is 0 Å². The van der Waals surface area contributed by atoms with Gasteiger partial charge in [-0.2, -0.15) is 0 Å². The van der Waals surface area contributed by atoms with E-state index in [1.54, 1.807) is 11.9 Å². The molecule has 0 fully saturated rings. The highest BCUT2D eigenvalue weighted by atomic mass is 16.4. The number of carboxylic acids is 1. The molecule has 2 N–H and O–H groups in total. The molecule has 2 unspecified atom stereocenters. The minimum atomic E-state index is -0.808. The molecule has 0 aromatic heterocycles. The van der Waals surface area contributed by atoms with Crippen LogP contribution in [-0.2, 0) is 4.79 Å². The Hall–Kier alpha value is -1.26. The molecule has 2 amide bonds. The van der Waals surface area contributed by atoms with Crippen molar-refractivity contribution in [2.24, 2.45) is 11.8 Å². The van der Waals surface area contributed by atoms with Gasteiger partial charge in [0.05, 0.1) is 0 Å². The van der Waals surface area contributed by atoms with E-state index in [0.717, 1.165) is 19.3 Å². The van der Waals surface area contributed by atoms with Crippen LogP contribution in [0.1, 0.15) is 53.4 Å². The Morgan fingerprint density at radius 2 is 1.85 bits per heavy atom. The molecule has 5 heteroatoms. The number of carbonyl (C=O) groups excluding carboxylic acids is 1. The van der Waals surface area contributed by atoms with Crippen LogP contribution < -0.4 is 5.32 Å². The molecule has 20 heavy (non-hydrogen) atoms. The van der Waals surface area contributed by atoms with Gasteiger partial charge in [0.15, 0.2) is 0 Å². The molecule has 0 saturated carbocycles. The standard InChI is InChI=1S/C15H30N2O3/c1-6-7-12(4)17(5)15(20)16-10-13(8-11(2)3)9-14(18)19/h11-13H,6-10H2,1-5H3,(H,16,20)(H,18,19). The minimum absolute atomic E-state index is 0.00803. The summed E-state index contributed by atoms with van der Waals surface area (Å²) in [5.41, 5.74) is 0. The van der Waals surface area contributed by atoms with Crippen molar-refractivity contribution < 1.29 is 14.7 Å². The lowest BCUT2D eigenvalue weighted by molar-refractivity contribution is -0.138. The zero-order valence-corrected chi connectivity index (χ0v) is 13.5. The summed E-state index contributed by atoms with van der Waals surface area (Å²) in [7, 11) is 1.78. The van der Waals surface area contributed by atoms with Crippen LogP contribution in [0.2, 0.25) is 0 Å². The van der Waals surface area contributed by atoms with Crippen LogP contribution in [-0.4, -0.2) is 41.6 Å². The predicted molar refractivity (Wildman–Crippen MR) is 80.7 cm³/mol. The Morgan fingerprint density at radius 1 is 1.25 bits per heavy atom. The maximum Gasteiger partial charge on any atom is 0.317 e. The zero-order chi connectivity index (χ0) is 15.7. The number of aliphatic carboxylic acids is 1. The van der Waals surface area contributed by atoms with Crippen LogP contribution in [0.4, 0.5) is 4.79 Å². The number of urea groups is 1. The summed E-state index contributed by atoms with van der Waals surface area (Å²) in [6, 6.07) is 0.0770. The first-order chi connectivity index (χ1) is 9.27. The van der Waals surface area contributed by atoms with Crippen LogP contribution in [0.15, 0.2) is 0 Å². The maximum absolute atomic E-state index is 12.0. The van der Waals surface area contributed by atoms with Gasteiger partial charge in [0.2, 0.25) is 0 Å². The third-order valence-corrected chi connectivity index (χ3v) is 3.50. The first-order valence-corrected chi connectivity index (χ1v) is 7.50. The van der Waals surface area contributed by atoms with Crippen molar-refractivity contribution in [3.63, 3.8) is 0 Å². The molecule has 0 aromatic carbocycles. The van der Waals surface area contributed by atoms with E-state index in [9.17, 15) is 9.59 Å². The topological polar surface area (TPSA) is 69.6 Å². The van der Waals surface area contributed by atoms with Crippen LogP contribution in [0.3, 0.4) is 0 Å². The van der Waals surface area contributed by atoms with Crippen molar-refractivity contribution >= 4 is 12.0 Å². The van der Waals surface area contributed by atoms with Gasteiger partial charge in [0.1, 0.15) is 0 Å². The molecule has 0 spiro atoms. The van der Waals surface area contributed by atoms with E-state index >= 15 is 0 Å². The van der Waals surface area contributed by atoms with Crippen molar-refractivity contribution in [2.75, 3.05) is 13.6 Å². The van der Waals surface area contributed by atoms with Gasteiger partial charge in [-0.25, -0.2) is 4.79 Å². The van der Waals surface area contributed by atoms with Crippen molar-refractivity contribution in [2.45, 2.75) is 59.4 Å². The fourth-order valence-corrected chi connectivity index (χ4v) is 2.32. The SMILES string of the molecule is CCCC(C)N(C)C(=O)NCC(CC(=O)O)CC(C)C. The summed E-state index contributed by atoms with van der Waals surface area (Å²) in [6.07, 6.45) is 2.91. The fraction of sp³-hybridized carbons (Fsp3) is 0.867. The van der Waals surface area contributed by atoms with Gasteiger partial charge in [-0.05, 0) is 31.6 Å². The van der Waals surface area contributed by atoms with Gasteiger partial charge in [-0.15, -0.1) is 0 Å². The third-order valence-electron chi connectivity index (χ3n) is 3.50. The number of hydrogen-bond donors (Lipinski definition) is 2. The molecular formula is C15H30N2O3. The largest absolute Gasteiger partial charge is 0.481 e. The second-order valence-electron chi connectivity index (χ2n) is 6.03. The minimum Gasteiger partial charge on any atom is -0.481 e. The van der Waals surface area contributed by atoms with Gasteiger partial charge in [0.25, 0.3) is 0 Å². The van der Waals surface area contributed by atoms with E-state index in [0.29, 0.717) is 12.5 Å². The second kappa shape index (κ2) is 9.61. The van der Waals surface area contributed by atoms with E-state index in [1.807, 2.05) is 6.92 Å². The Balaban J connectivity index is 4.31. The molecule has 0 aliphatic carbocycles. The lowest BCUT2D eigenvalue weighted by Gasteiger charge is -2.26. The molecule has 0 rings (SSSR count). The van der Waals surface area contributed by atoms with Gasteiger partial charge in [0, 0.05) is 26.1 Å². The van der Waals surface area contributed by atoms with E-state index < -0.39 is 5.97 Å². The van der Waals surface area contributed by atoms with Gasteiger partial charge in [-0.1, -0.05) is 27.2 Å². The van der Waals surface area contributed by atoms with Crippen molar-refractivity contribution in [3.8, 4) is 0 Å². The number of carboxylic acid groups (broad SMARTS) is 1. The number of hydrogen-bond acceptors (Lipinski definition) is 2. The maximum atomic E-state index is 12.0. The summed E-state index contributed by atoms with van der Waals surface area (Å²) in [5, 5.41) is 11.8. The normalized spacial score (nSPS) is 13.9. The molecule has 0 heterocycles. The Morgan fingerprint density at radius 3 is 2.30 bits per heavy atom. The number of rotatable bonds is 9. The third kappa shape index (κ3) is 8.02. The predicted octanol–water partition coefficient (Wildman–Crippen LogP) is 2.95. The molecule has 0 aliphatic rings. The number of amides is 2. The second-order valence-corrected chi connectivity index (χ2v) is 6.03. The Bertz CT molecular complexity index is 305. The average Bonchev–Trinajstić information content (AvgIpc) is 2.33. The Kier molecular flexibility index (Phi) is 9.01. The molecule has 0 bridgehead atoms. The van der Waals surface area contributed by atoms with Gasteiger partial charge in [-0.3, -0.25) is 4.79 Å². The number of nitrogens with one attached hydrogen (secondary N) is 1. The van der Waals surface area contributed by atoms with Crippen molar-refractivity contribution in [1.82, 2.24) is 10.2 Å². The van der Waals surface area contributed by atoms with Crippen LogP contribution in [0.5, 0.6) is 0 Å². The molecular weight excluding hydrogens is 256 g/mol. The number of nitrogens with zero attached hydrogens (tertiary/aromatic N) is 1. The summed E-state index contributed by atoms with van der Waals surface area (Å²) >= 11 is 0. The van der Waals surface area contributed by atoms with Crippen LogP contribution in [0, 0.1) is 11.8 Å². The summed E-state index contributed by atoms with van der Waals surface area (Å²) in [5.74, 6) is -0.392. The molecule has 0 aromatic rings. The lowest BCUT2D eigenvalue weighted by atomic mass is 9.94. The summed E-state index contributed by atoms with van der Waals surface area (Å²) in [4.78, 5) is 24.5. The zero-order valence-electron chi connectivity index (χ0n) is 13.5. The molecule has 0 saturated heterocycles. The number of carbonyl (C=O) groups is 2. The van der Waals surface area contributed by atoms with Crippen molar-refractivity contribution in [1.29, 1.82) is 0 Å². The lowest BCUT2D eigenvalue weighted by Crippen LogP contribution is -2.44. The first-order valence-electron chi connectivity index (χ1n) is 7.50. The van der Waals surface area contributed by atoms with Crippen molar-refractivity contribution in [3.05, 3.63) is 0 Å². The summed E-state index contributed by atoms with van der Waals surface area (Å²) in [6.45, 7) is 8.66. The highest BCUT2D eigenvalue weighted by Gasteiger charge is 2.19. The molecule has 5 nitrogen and oxygen atoms in total. The quantitative estimate of drug-likeness (QED) is 0.684. The smallest absolute Gasteiger partial charge is 0.317 e. The van der Waals surface area contributed by atoms with E-state index in [-0.39, 0.29) is 24.4 Å². The van der Waals surface area contributed by atoms with Crippen LogP contribution >= 0.6 is 0 Å². The highest BCUT2D eigenvalue weighted by Crippen LogP contribution is 2.15. The average molecular weight is 286 g/mol. The van der Waals surface area contributed by atoms with E-state index in [2.05, 4.69) is 26.1 Å². The van der Waals surface area contributed by atoms with Gasteiger partial charge < -0.3 is 15.3 Å². The Labute approximate surface area is 122 Å². The molecule has 118 valence electrons. The molecule has 0 aliphatic heterocycles. The monoisotopic (exact) mass is 286 g/mol. The fourth-order valence-electron chi connectivity index (χ4n) is 2.32. The molecule has 0 radical (unpaired) electrons. The first kappa shape index (κ1) is 18.7.